The predicted octanol–water partition coefficient (Wildman–Crippen LogP) is 8.84. The van der Waals surface area contributed by atoms with E-state index < -0.39 is 5.79 Å². The molecule has 19 heteroatoms. The van der Waals surface area contributed by atoms with Crippen molar-refractivity contribution in [3.8, 4) is 34.5 Å². The molecule has 5 atom stereocenters. The van der Waals surface area contributed by atoms with Crippen molar-refractivity contribution in [3.05, 3.63) is 101 Å². The molecule has 0 bridgehead atoms. The first-order valence-corrected chi connectivity index (χ1v) is 27.7. The van der Waals surface area contributed by atoms with E-state index in [1.165, 1.54) is 32.5 Å². The zero-order chi connectivity index (χ0) is 53.6. The van der Waals surface area contributed by atoms with Crippen LogP contribution in [0.1, 0.15) is 80.9 Å². The molecular formula is C56H64Br3N3O13. The topological polar surface area (TPSA) is 202 Å². The third-order valence-electron chi connectivity index (χ3n) is 15.9. The Balaban J connectivity index is 0.000000150. The number of benzene rings is 3. The molecule has 16 nitrogen and oxygen atoms in total. The van der Waals surface area contributed by atoms with Crippen LogP contribution in [0.25, 0.3) is 0 Å². The zero-order valence-electron chi connectivity index (χ0n) is 42.4. The number of fused-ring (bicyclic) bond motifs is 2. The molecule has 5 unspecified atom stereocenters. The Bertz CT molecular complexity index is 2640. The minimum Gasteiger partial charge on any atom is -0.504 e. The molecule has 3 N–H and O–H groups in total. The first-order chi connectivity index (χ1) is 36.1. The molecule has 3 aromatic rings. The summed E-state index contributed by atoms with van der Waals surface area (Å²) in [5.74, 6) is 1.84. The van der Waals surface area contributed by atoms with Gasteiger partial charge in [-0.05, 0) is 129 Å². The number of phenols is 3. The summed E-state index contributed by atoms with van der Waals surface area (Å²) in [5.41, 5.74) is 7.78. The predicted molar refractivity (Wildman–Crippen MR) is 289 cm³/mol. The first kappa shape index (κ1) is 56.0. The van der Waals surface area contributed by atoms with E-state index in [2.05, 4.69) is 47.8 Å². The number of carbonyl (C=O) groups excluding carboxylic acids is 5. The highest BCUT2D eigenvalue weighted by molar-refractivity contribution is 9.11. The smallest absolute Gasteiger partial charge is 0.210 e. The second kappa shape index (κ2) is 24.8. The molecule has 0 radical (unpaired) electrons. The van der Waals surface area contributed by atoms with Gasteiger partial charge in [0.15, 0.2) is 51.9 Å². The van der Waals surface area contributed by atoms with Gasteiger partial charge < -0.3 is 53.7 Å². The van der Waals surface area contributed by atoms with Crippen molar-refractivity contribution in [2.75, 3.05) is 54.2 Å². The molecule has 7 aliphatic rings. The van der Waals surface area contributed by atoms with Crippen LogP contribution in [0.4, 0.5) is 0 Å². The number of amides is 3. The summed E-state index contributed by atoms with van der Waals surface area (Å²) in [4.78, 5) is 63.6. The van der Waals surface area contributed by atoms with E-state index in [1.807, 2.05) is 14.7 Å². The van der Waals surface area contributed by atoms with Crippen LogP contribution in [0.5, 0.6) is 34.5 Å². The van der Waals surface area contributed by atoms with Crippen LogP contribution < -0.4 is 14.2 Å². The van der Waals surface area contributed by atoms with Crippen LogP contribution in [0.3, 0.4) is 0 Å². The average molecular weight is 1230 g/mol. The number of aromatic hydroxyl groups is 3. The standard InChI is InChI=1S/C20H24BrNO5.2C18H20BrNO4/c1-25-19-10-16(21)14(9-18(19)24)8-17-15-2-4-20(26-6-7-27-20)11-13(15)3-5-22(17)12-23;2*1-24-18-9-15(19)12(8-17(18)23)7-16-14-3-2-13(22)6-11(14)4-5-20(16)10-21/h9-10,12,17,24H,2-8,11H2,1H3;2*6,8-10,14,16,23H,2-5,7H2,1H3. The van der Waals surface area contributed by atoms with Gasteiger partial charge in [0.1, 0.15) is 0 Å². The van der Waals surface area contributed by atoms with Crippen molar-refractivity contribution in [1.29, 1.82) is 0 Å². The number of halogens is 3. The Hall–Kier alpha value is -5.21. The summed E-state index contributed by atoms with van der Waals surface area (Å²) in [6.07, 6.45) is 15.7. The molecule has 3 fully saturated rings. The van der Waals surface area contributed by atoms with Crippen LogP contribution in [0.15, 0.2) is 84.3 Å². The second-order valence-corrected chi connectivity index (χ2v) is 22.5. The van der Waals surface area contributed by atoms with Crippen molar-refractivity contribution < 1.29 is 63.0 Å². The summed E-state index contributed by atoms with van der Waals surface area (Å²) in [6.45, 7) is 3.27. The van der Waals surface area contributed by atoms with Gasteiger partial charge in [-0.15, -0.1) is 0 Å². The van der Waals surface area contributed by atoms with Gasteiger partial charge in [-0.1, -0.05) is 64.5 Å². The molecule has 1 spiro atoms. The number of piperidine rings is 2. The van der Waals surface area contributed by atoms with Crippen molar-refractivity contribution in [2.24, 2.45) is 11.8 Å². The number of phenolic OH excluding ortho intramolecular Hbond substituents is 3. The van der Waals surface area contributed by atoms with E-state index in [1.54, 1.807) is 48.6 Å². The third kappa shape index (κ3) is 12.6. The van der Waals surface area contributed by atoms with E-state index in [-0.39, 0.29) is 58.8 Å². The lowest BCUT2D eigenvalue weighted by molar-refractivity contribution is -0.165. The van der Waals surface area contributed by atoms with Crippen molar-refractivity contribution in [1.82, 2.24) is 14.7 Å². The maximum atomic E-state index is 11.7. The molecule has 75 heavy (non-hydrogen) atoms. The number of ether oxygens (including phenoxy) is 5. The molecule has 3 amide bonds. The monoisotopic (exact) mass is 1220 g/mol. The molecule has 402 valence electrons. The van der Waals surface area contributed by atoms with Crippen LogP contribution >= 0.6 is 47.8 Å². The maximum absolute atomic E-state index is 11.7. The fourth-order valence-electron chi connectivity index (χ4n) is 12.0. The largest absolute Gasteiger partial charge is 0.504 e. The lowest BCUT2D eigenvalue weighted by Crippen LogP contribution is -2.47. The van der Waals surface area contributed by atoms with Crippen molar-refractivity contribution in [2.45, 2.75) is 107 Å². The van der Waals surface area contributed by atoms with Gasteiger partial charge in [0.25, 0.3) is 0 Å². The molecule has 4 heterocycles. The van der Waals surface area contributed by atoms with Crippen LogP contribution in [-0.2, 0) is 52.7 Å². The second-order valence-electron chi connectivity index (χ2n) is 20.0. The maximum Gasteiger partial charge on any atom is 0.210 e. The lowest BCUT2D eigenvalue weighted by Gasteiger charge is -2.43. The lowest BCUT2D eigenvalue weighted by atomic mass is 9.75. The Morgan fingerprint density at radius 2 is 1.00 bits per heavy atom. The number of allylic oxidation sites excluding steroid dienone is 2. The summed E-state index contributed by atoms with van der Waals surface area (Å²) < 4.78 is 29.8. The number of hydrogen-bond donors (Lipinski definition) is 3. The van der Waals surface area contributed by atoms with Crippen molar-refractivity contribution in [3.63, 3.8) is 0 Å². The number of hydrogen-bond acceptors (Lipinski definition) is 13. The first-order valence-electron chi connectivity index (χ1n) is 25.4. The highest BCUT2D eigenvalue weighted by atomic mass is 79.9. The Morgan fingerprint density at radius 1 is 0.587 bits per heavy atom. The van der Waals surface area contributed by atoms with Gasteiger partial charge in [-0.3, -0.25) is 24.0 Å². The van der Waals surface area contributed by atoms with Gasteiger partial charge in [0, 0.05) is 82.7 Å². The van der Waals surface area contributed by atoms with Crippen molar-refractivity contribution >= 4 is 78.6 Å². The summed E-state index contributed by atoms with van der Waals surface area (Å²) in [6, 6.07) is 10.3. The number of likely N-dealkylation sites (tertiary alicyclic amines) is 2. The van der Waals surface area contributed by atoms with Gasteiger partial charge in [-0.25, -0.2) is 0 Å². The number of nitrogens with zero attached hydrogens (tertiary/aromatic N) is 3. The molecule has 10 rings (SSSR count). The molecule has 0 saturated carbocycles. The quantitative estimate of drug-likeness (QED) is 0.115. The fraction of sp³-hybridized carbons (Fsp3) is 0.482. The molecule has 4 aliphatic heterocycles. The molecular weight excluding hydrogens is 1160 g/mol. The van der Waals surface area contributed by atoms with Crippen LogP contribution in [0.2, 0.25) is 0 Å². The zero-order valence-corrected chi connectivity index (χ0v) is 47.1. The third-order valence-corrected chi connectivity index (χ3v) is 18.1. The van der Waals surface area contributed by atoms with E-state index in [9.17, 15) is 39.3 Å². The SMILES string of the molecule is COc1cc(Br)c(CC2C3=C(CCN2C=O)CC2(CC3)OCCO2)cc1O.COc1cc(Br)c(CC2C3CCC(=O)C=C3CCN2C=O)cc1O.COc1cc(Br)c(CC2C3CCC(=O)C=C3CCN2C=O)cc1O. The molecule has 3 aromatic carbocycles. The van der Waals surface area contributed by atoms with E-state index >= 15 is 0 Å². The van der Waals surface area contributed by atoms with E-state index in [0.717, 1.165) is 112 Å². The van der Waals surface area contributed by atoms with E-state index in [0.29, 0.717) is 82.2 Å². The summed E-state index contributed by atoms with van der Waals surface area (Å²) in [7, 11) is 4.54. The number of methoxy groups -OCH3 is 3. The van der Waals surface area contributed by atoms with Gasteiger partial charge in [-0.2, -0.15) is 0 Å². The highest BCUT2D eigenvalue weighted by Crippen LogP contribution is 2.46. The highest BCUT2D eigenvalue weighted by Gasteiger charge is 2.44. The Kier molecular flexibility index (Phi) is 18.6. The fourth-order valence-corrected chi connectivity index (χ4v) is 13.5. The number of ketones is 2. The summed E-state index contributed by atoms with van der Waals surface area (Å²) in [5, 5.41) is 30.3. The minimum atomic E-state index is -0.453. The number of rotatable bonds is 12. The van der Waals surface area contributed by atoms with Gasteiger partial charge >= 0.3 is 0 Å². The van der Waals surface area contributed by atoms with E-state index in [4.69, 9.17) is 23.7 Å². The van der Waals surface area contributed by atoms with Gasteiger partial charge in [0.2, 0.25) is 19.2 Å². The minimum absolute atomic E-state index is 0.000283. The van der Waals surface area contributed by atoms with Crippen LogP contribution in [-0.4, -0.2) is 139 Å². The van der Waals surface area contributed by atoms with Crippen LogP contribution in [0, 0.1) is 11.8 Å². The Morgan fingerprint density at radius 3 is 1.41 bits per heavy atom. The average Bonchev–Trinajstić information content (AvgIpc) is 3.86. The normalized spacial score (nSPS) is 23.8. The van der Waals surface area contributed by atoms with Gasteiger partial charge in [0.05, 0.1) is 40.6 Å². The molecule has 0 aromatic heterocycles. The molecule has 3 aliphatic carbocycles. The summed E-state index contributed by atoms with van der Waals surface area (Å²) >= 11 is 10.6. The number of carbonyl (C=O) groups is 5. The molecule has 3 saturated heterocycles. The Labute approximate surface area is 462 Å².